The molecule has 0 atom stereocenters. The lowest BCUT2D eigenvalue weighted by molar-refractivity contribution is -0.141. The maximum atomic E-state index is 11.6. The van der Waals surface area contributed by atoms with Crippen molar-refractivity contribution in [3.8, 4) is 0 Å². The standard InChI is InChI=1S/C13H14ClN3O3/c1-20-12(19)8-15-11(18)6-7-17-10-5-3-2-4-9(10)13(14)16-17/h2-5H,6-8H2,1H3,(H,15,18). The number of rotatable bonds is 5. The molecule has 0 saturated carbocycles. The van der Waals surface area contributed by atoms with E-state index < -0.39 is 5.97 Å². The number of aryl methyl sites for hydroxylation is 1. The number of hydrogen-bond donors (Lipinski definition) is 1. The number of carbonyl (C=O) groups excluding carboxylic acids is 2. The molecular formula is C13H14ClN3O3. The molecule has 1 aromatic heterocycles. The topological polar surface area (TPSA) is 73.2 Å². The monoisotopic (exact) mass is 295 g/mol. The molecular weight excluding hydrogens is 282 g/mol. The van der Waals surface area contributed by atoms with E-state index in [1.807, 2.05) is 24.3 Å². The van der Waals surface area contributed by atoms with Crippen LogP contribution in [-0.2, 0) is 20.9 Å². The van der Waals surface area contributed by atoms with Gasteiger partial charge in [0.2, 0.25) is 5.91 Å². The molecule has 106 valence electrons. The molecule has 1 amide bonds. The molecule has 0 unspecified atom stereocenters. The van der Waals surface area contributed by atoms with E-state index >= 15 is 0 Å². The molecule has 0 radical (unpaired) electrons. The number of aromatic nitrogens is 2. The van der Waals surface area contributed by atoms with Crippen LogP contribution in [0.4, 0.5) is 0 Å². The number of ether oxygens (including phenoxy) is 1. The van der Waals surface area contributed by atoms with E-state index in [2.05, 4.69) is 15.2 Å². The number of esters is 1. The molecule has 0 aliphatic carbocycles. The summed E-state index contributed by atoms with van der Waals surface area (Å²) in [7, 11) is 1.27. The maximum Gasteiger partial charge on any atom is 0.325 e. The van der Waals surface area contributed by atoms with Crippen molar-refractivity contribution < 1.29 is 14.3 Å². The van der Waals surface area contributed by atoms with Crippen LogP contribution in [0.25, 0.3) is 10.9 Å². The predicted octanol–water partition coefficient (Wildman–Crippen LogP) is 1.37. The van der Waals surface area contributed by atoms with Crippen molar-refractivity contribution in [3.05, 3.63) is 29.4 Å². The lowest BCUT2D eigenvalue weighted by Crippen LogP contribution is -2.30. The van der Waals surface area contributed by atoms with Gasteiger partial charge >= 0.3 is 5.97 Å². The quantitative estimate of drug-likeness (QED) is 0.846. The zero-order valence-electron chi connectivity index (χ0n) is 10.9. The fourth-order valence-corrected chi connectivity index (χ4v) is 2.05. The molecule has 1 aromatic carbocycles. The Bertz CT molecular complexity index is 639. The van der Waals surface area contributed by atoms with E-state index in [1.54, 1.807) is 4.68 Å². The fourth-order valence-electron chi connectivity index (χ4n) is 1.80. The molecule has 0 fully saturated rings. The molecule has 0 saturated heterocycles. The van der Waals surface area contributed by atoms with Gasteiger partial charge in [0.25, 0.3) is 0 Å². The average Bonchev–Trinajstić information content (AvgIpc) is 2.79. The molecule has 20 heavy (non-hydrogen) atoms. The van der Waals surface area contributed by atoms with Gasteiger partial charge in [-0.25, -0.2) is 0 Å². The highest BCUT2D eigenvalue weighted by Crippen LogP contribution is 2.22. The Morgan fingerprint density at radius 2 is 2.15 bits per heavy atom. The molecule has 6 nitrogen and oxygen atoms in total. The third-order valence-corrected chi connectivity index (χ3v) is 3.10. The van der Waals surface area contributed by atoms with Crippen molar-refractivity contribution in [1.82, 2.24) is 15.1 Å². The minimum atomic E-state index is -0.481. The lowest BCUT2D eigenvalue weighted by atomic mass is 10.2. The van der Waals surface area contributed by atoms with Crippen LogP contribution < -0.4 is 5.32 Å². The van der Waals surface area contributed by atoms with Crippen molar-refractivity contribution >= 4 is 34.4 Å². The van der Waals surface area contributed by atoms with Gasteiger partial charge in [0.05, 0.1) is 19.2 Å². The molecule has 1 heterocycles. The Morgan fingerprint density at radius 1 is 1.40 bits per heavy atom. The number of amides is 1. The summed E-state index contributed by atoms with van der Waals surface area (Å²) in [5.74, 6) is -0.725. The van der Waals surface area contributed by atoms with Crippen molar-refractivity contribution in [2.24, 2.45) is 0 Å². The first-order valence-corrected chi connectivity index (χ1v) is 6.44. The van der Waals surface area contributed by atoms with Gasteiger partial charge < -0.3 is 10.1 Å². The Kier molecular flexibility index (Phi) is 4.57. The highest BCUT2D eigenvalue weighted by molar-refractivity contribution is 6.34. The van der Waals surface area contributed by atoms with Gasteiger partial charge in [-0.2, -0.15) is 5.10 Å². The molecule has 0 aliphatic heterocycles. The first-order chi connectivity index (χ1) is 9.61. The van der Waals surface area contributed by atoms with Gasteiger partial charge in [-0.3, -0.25) is 14.3 Å². The van der Waals surface area contributed by atoms with Gasteiger partial charge in [0, 0.05) is 11.8 Å². The molecule has 0 spiro atoms. The first-order valence-electron chi connectivity index (χ1n) is 6.06. The minimum absolute atomic E-state index is 0.129. The largest absolute Gasteiger partial charge is 0.468 e. The lowest BCUT2D eigenvalue weighted by Gasteiger charge is -2.05. The number of nitrogens with one attached hydrogen (secondary N) is 1. The SMILES string of the molecule is COC(=O)CNC(=O)CCn1nc(Cl)c2ccccc21. The van der Waals surface area contributed by atoms with Crippen molar-refractivity contribution in [3.63, 3.8) is 0 Å². The molecule has 2 aromatic rings. The van der Waals surface area contributed by atoms with Crippen LogP contribution in [0.3, 0.4) is 0 Å². The summed E-state index contributed by atoms with van der Waals surface area (Å²) in [6.07, 6.45) is 0.207. The van der Waals surface area contributed by atoms with Crippen LogP contribution in [-0.4, -0.2) is 35.3 Å². The number of nitrogens with zero attached hydrogens (tertiary/aromatic N) is 2. The molecule has 0 aliphatic rings. The van der Waals surface area contributed by atoms with Crippen LogP contribution in [0.5, 0.6) is 0 Å². The number of halogens is 1. The summed E-state index contributed by atoms with van der Waals surface area (Å²) < 4.78 is 6.11. The smallest absolute Gasteiger partial charge is 0.325 e. The number of carbonyl (C=O) groups is 2. The summed E-state index contributed by atoms with van der Waals surface area (Å²) in [6, 6.07) is 7.52. The van der Waals surface area contributed by atoms with Gasteiger partial charge in [-0.05, 0) is 12.1 Å². The normalized spacial score (nSPS) is 10.5. The van der Waals surface area contributed by atoms with Crippen LogP contribution >= 0.6 is 11.6 Å². The van der Waals surface area contributed by atoms with Gasteiger partial charge in [-0.1, -0.05) is 23.7 Å². The summed E-state index contributed by atoms with van der Waals surface area (Å²) in [6.45, 7) is 0.260. The number of hydrogen-bond acceptors (Lipinski definition) is 4. The van der Waals surface area contributed by atoms with Crippen molar-refractivity contribution in [2.75, 3.05) is 13.7 Å². The van der Waals surface area contributed by atoms with Crippen LogP contribution in [0, 0.1) is 0 Å². The van der Waals surface area contributed by atoms with E-state index in [4.69, 9.17) is 11.6 Å². The maximum absolute atomic E-state index is 11.6. The van der Waals surface area contributed by atoms with E-state index in [-0.39, 0.29) is 18.9 Å². The Hall–Kier alpha value is -2.08. The molecule has 0 bridgehead atoms. The number of para-hydroxylation sites is 1. The highest BCUT2D eigenvalue weighted by atomic mass is 35.5. The van der Waals surface area contributed by atoms with Gasteiger partial charge in [0.15, 0.2) is 5.15 Å². The number of benzene rings is 1. The number of methoxy groups -OCH3 is 1. The highest BCUT2D eigenvalue weighted by Gasteiger charge is 2.10. The molecule has 7 heteroatoms. The minimum Gasteiger partial charge on any atom is -0.468 e. The molecule has 1 N–H and O–H groups in total. The summed E-state index contributed by atoms with van der Waals surface area (Å²) in [4.78, 5) is 22.5. The fraction of sp³-hybridized carbons (Fsp3) is 0.308. The van der Waals surface area contributed by atoms with Crippen LogP contribution in [0.2, 0.25) is 5.15 Å². The first kappa shape index (κ1) is 14.3. The third-order valence-electron chi connectivity index (χ3n) is 2.82. The second kappa shape index (κ2) is 6.38. The summed E-state index contributed by atoms with van der Waals surface area (Å²) in [5.41, 5.74) is 0.873. The molecule has 2 rings (SSSR count). The van der Waals surface area contributed by atoms with Crippen molar-refractivity contribution in [1.29, 1.82) is 0 Å². The predicted molar refractivity (Wildman–Crippen MR) is 74.4 cm³/mol. The zero-order chi connectivity index (χ0) is 14.5. The van der Waals surface area contributed by atoms with E-state index in [0.29, 0.717) is 11.7 Å². The van der Waals surface area contributed by atoms with Crippen LogP contribution in [0.15, 0.2) is 24.3 Å². The summed E-state index contributed by atoms with van der Waals surface area (Å²) >= 11 is 6.02. The van der Waals surface area contributed by atoms with E-state index in [9.17, 15) is 9.59 Å². The van der Waals surface area contributed by atoms with Crippen molar-refractivity contribution in [2.45, 2.75) is 13.0 Å². The second-order valence-electron chi connectivity index (χ2n) is 4.13. The second-order valence-corrected chi connectivity index (χ2v) is 4.49. The van der Waals surface area contributed by atoms with Gasteiger partial charge in [-0.15, -0.1) is 0 Å². The Balaban J connectivity index is 1.96. The number of fused-ring (bicyclic) bond motifs is 1. The van der Waals surface area contributed by atoms with Gasteiger partial charge in [0.1, 0.15) is 6.54 Å². The Morgan fingerprint density at radius 3 is 2.90 bits per heavy atom. The van der Waals surface area contributed by atoms with E-state index in [0.717, 1.165) is 10.9 Å². The Labute approximate surface area is 120 Å². The summed E-state index contributed by atoms with van der Waals surface area (Å²) in [5, 5.41) is 7.92. The van der Waals surface area contributed by atoms with E-state index in [1.165, 1.54) is 7.11 Å². The zero-order valence-corrected chi connectivity index (χ0v) is 11.7. The third kappa shape index (κ3) is 3.27. The van der Waals surface area contributed by atoms with Crippen LogP contribution in [0.1, 0.15) is 6.42 Å². The average molecular weight is 296 g/mol.